The first kappa shape index (κ1) is 14.1. The van der Waals surface area contributed by atoms with E-state index in [1.165, 1.54) is 18.4 Å². The molecular weight excluding hydrogens is 236 g/mol. The van der Waals surface area contributed by atoms with Crippen LogP contribution in [-0.2, 0) is 11.2 Å². The molecule has 3 heteroatoms. The third-order valence-corrected chi connectivity index (χ3v) is 3.91. The quantitative estimate of drug-likeness (QED) is 0.851. The van der Waals surface area contributed by atoms with Gasteiger partial charge in [-0.3, -0.25) is 4.79 Å². The summed E-state index contributed by atoms with van der Waals surface area (Å²) in [5.41, 5.74) is 1.23. The summed E-state index contributed by atoms with van der Waals surface area (Å²) in [5.74, 6) is 0.747. The molecule has 1 amide bonds. The second kappa shape index (κ2) is 7.29. The van der Waals surface area contributed by atoms with E-state index in [2.05, 4.69) is 29.7 Å². The molecule has 2 N–H and O–H groups in total. The zero-order chi connectivity index (χ0) is 13.5. The molecule has 2 atom stereocenters. The van der Waals surface area contributed by atoms with Crippen molar-refractivity contribution in [2.24, 2.45) is 5.92 Å². The lowest BCUT2D eigenvalue weighted by Crippen LogP contribution is -2.44. The molecule has 0 radical (unpaired) electrons. The van der Waals surface area contributed by atoms with Gasteiger partial charge >= 0.3 is 0 Å². The molecular formula is C16H24N2O. The van der Waals surface area contributed by atoms with Crippen molar-refractivity contribution in [3.05, 3.63) is 35.9 Å². The number of hydrogen-bond acceptors (Lipinski definition) is 2. The molecule has 1 aromatic rings. The topological polar surface area (TPSA) is 41.1 Å². The van der Waals surface area contributed by atoms with Gasteiger partial charge in [-0.25, -0.2) is 0 Å². The molecule has 0 saturated carbocycles. The fourth-order valence-electron chi connectivity index (χ4n) is 2.65. The molecule has 0 aliphatic carbocycles. The van der Waals surface area contributed by atoms with Gasteiger partial charge in [-0.05, 0) is 50.8 Å². The maximum atomic E-state index is 11.9. The van der Waals surface area contributed by atoms with Crippen molar-refractivity contribution in [3.8, 4) is 0 Å². The Hall–Kier alpha value is -1.35. The van der Waals surface area contributed by atoms with Gasteiger partial charge in [0, 0.05) is 12.5 Å². The van der Waals surface area contributed by atoms with Crippen molar-refractivity contribution >= 4 is 5.91 Å². The van der Waals surface area contributed by atoms with Crippen LogP contribution in [0.5, 0.6) is 0 Å². The Bertz CT molecular complexity index is 385. The van der Waals surface area contributed by atoms with Gasteiger partial charge in [0.15, 0.2) is 0 Å². The lowest BCUT2D eigenvalue weighted by Gasteiger charge is -2.28. The summed E-state index contributed by atoms with van der Waals surface area (Å²) in [6, 6.07) is 10.5. The summed E-state index contributed by atoms with van der Waals surface area (Å²) >= 11 is 0. The molecule has 0 aromatic heterocycles. The number of hydrogen-bond donors (Lipinski definition) is 2. The third-order valence-electron chi connectivity index (χ3n) is 3.91. The van der Waals surface area contributed by atoms with Crippen LogP contribution in [0.2, 0.25) is 0 Å². The monoisotopic (exact) mass is 260 g/mol. The summed E-state index contributed by atoms with van der Waals surface area (Å²) in [6.07, 6.45) is 3.83. The summed E-state index contributed by atoms with van der Waals surface area (Å²) in [7, 11) is 0. The Balaban J connectivity index is 1.71. The Kier molecular flexibility index (Phi) is 5.40. The van der Waals surface area contributed by atoms with Gasteiger partial charge in [0.25, 0.3) is 0 Å². The van der Waals surface area contributed by atoms with Crippen molar-refractivity contribution in [3.63, 3.8) is 0 Å². The van der Waals surface area contributed by atoms with Crippen LogP contribution in [0.15, 0.2) is 30.3 Å². The molecule has 2 rings (SSSR count). The number of rotatable bonds is 5. The van der Waals surface area contributed by atoms with E-state index in [-0.39, 0.29) is 11.9 Å². The first-order chi connectivity index (χ1) is 9.25. The molecule has 3 nitrogen and oxygen atoms in total. The van der Waals surface area contributed by atoms with Crippen LogP contribution < -0.4 is 10.6 Å². The number of benzene rings is 1. The standard InChI is InChI=1S/C16H24N2O/c1-13(15-8-5-11-17-12-15)18-16(19)10-9-14-6-3-2-4-7-14/h2-4,6-7,13,15,17H,5,8-12H2,1H3,(H,18,19). The van der Waals surface area contributed by atoms with Crippen LogP contribution in [0.4, 0.5) is 0 Å². The van der Waals surface area contributed by atoms with Gasteiger partial charge < -0.3 is 10.6 Å². The van der Waals surface area contributed by atoms with Crippen molar-refractivity contribution in [1.82, 2.24) is 10.6 Å². The van der Waals surface area contributed by atoms with E-state index in [1.54, 1.807) is 0 Å². The second-order valence-corrected chi connectivity index (χ2v) is 5.45. The highest BCUT2D eigenvalue weighted by molar-refractivity contribution is 5.76. The lowest BCUT2D eigenvalue weighted by atomic mass is 9.92. The Morgan fingerprint density at radius 2 is 2.21 bits per heavy atom. The molecule has 1 fully saturated rings. The number of nitrogens with one attached hydrogen (secondary N) is 2. The zero-order valence-electron chi connectivity index (χ0n) is 11.7. The van der Waals surface area contributed by atoms with Crippen molar-refractivity contribution in [2.45, 2.75) is 38.6 Å². The molecule has 104 valence electrons. The van der Waals surface area contributed by atoms with Crippen molar-refractivity contribution in [1.29, 1.82) is 0 Å². The molecule has 0 spiro atoms. The largest absolute Gasteiger partial charge is 0.353 e. The zero-order valence-corrected chi connectivity index (χ0v) is 11.7. The van der Waals surface area contributed by atoms with Crippen LogP contribution in [0.1, 0.15) is 31.7 Å². The lowest BCUT2D eigenvalue weighted by molar-refractivity contribution is -0.122. The van der Waals surface area contributed by atoms with Gasteiger partial charge in [0.1, 0.15) is 0 Å². The van der Waals surface area contributed by atoms with E-state index in [1.807, 2.05) is 18.2 Å². The first-order valence-corrected chi connectivity index (χ1v) is 7.29. The molecule has 19 heavy (non-hydrogen) atoms. The predicted octanol–water partition coefficient (Wildman–Crippen LogP) is 2.12. The molecule has 1 aliphatic heterocycles. The Morgan fingerprint density at radius 3 is 2.89 bits per heavy atom. The van der Waals surface area contributed by atoms with Gasteiger partial charge in [-0.2, -0.15) is 0 Å². The van der Waals surface area contributed by atoms with Gasteiger partial charge in [0.2, 0.25) is 5.91 Å². The maximum absolute atomic E-state index is 11.9. The minimum absolute atomic E-state index is 0.168. The normalized spacial score (nSPS) is 20.8. The van der Waals surface area contributed by atoms with Crippen LogP contribution in [0, 0.1) is 5.92 Å². The Labute approximate surface area is 115 Å². The average molecular weight is 260 g/mol. The van der Waals surface area contributed by atoms with E-state index in [9.17, 15) is 4.79 Å². The highest BCUT2D eigenvalue weighted by atomic mass is 16.1. The second-order valence-electron chi connectivity index (χ2n) is 5.45. The number of piperidine rings is 1. The smallest absolute Gasteiger partial charge is 0.220 e. The molecule has 2 unspecified atom stereocenters. The van der Waals surface area contributed by atoms with E-state index < -0.39 is 0 Å². The fourth-order valence-corrected chi connectivity index (χ4v) is 2.65. The minimum Gasteiger partial charge on any atom is -0.353 e. The summed E-state index contributed by atoms with van der Waals surface area (Å²) in [5, 5.41) is 6.54. The van der Waals surface area contributed by atoms with Gasteiger partial charge in [0.05, 0.1) is 0 Å². The summed E-state index contributed by atoms with van der Waals surface area (Å²) < 4.78 is 0. The van der Waals surface area contributed by atoms with Crippen LogP contribution >= 0.6 is 0 Å². The number of aryl methyl sites for hydroxylation is 1. The SMILES string of the molecule is CC(NC(=O)CCc1ccccc1)C1CCCNC1. The number of carbonyl (C=O) groups is 1. The van der Waals surface area contributed by atoms with Crippen molar-refractivity contribution < 1.29 is 4.79 Å². The predicted molar refractivity (Wildman–Crippen MR) is 78.0 cm³/mol. The third kappa shape index (κ3) is 4.67. The van der Waals surface area contributed by atoms with E-state index in [4.69, 9.17) is 0 Å². The molecule has 0 bridgehead atoms. The van der Waals surface area contributed by atoms with Crippen molar-refractivity contribution in [2.75, 3.05) is 13.1 Å². The van der Waals surface area contributed by atoms with E-state index in [0.29, 0.717) is 12.3 Å². The van der Waals surface area contributed by atoms with E-state index >= 15 is 0 Å². The summed E-state index contributed by atoms with van der Waals surface area (Å²) in [6.45, 7) is 4.27. The minimum atomic E-state index is 0.168. The number of amides is 1. The highest BCUT2D eigenvalue weighted by Gasteiger charge is 2.20. The molecule has 1 saturated heterocycles. The molecule has 1 aromatic carbocycles. The average Bonchev–Trinajstić information content (AvgIpc) is 2.47. The fraction of sp³-hybridized carbons (Fsp3) is 0.562. The number of carbonyl (C=O) groups excluding carboxylic acids is 1. The van der Waals surface area contributed by atoms with Gasteiger partial charge in [-0.1, -0.05) is 30.3 Å². The molecule has 1 aliphatic rings. The van der Waals surface area contributed by atoms with E-state index in [0.717, 1.165) is 19.5 Å². The molecule has 1 heterocycles. The maximum Gasteiger partial charge on any atom is 0.220 e. The first-order valence-electron chi connectivity index (χ1n) is 7.29. The van der Waals surface area contributed by atoms with Crippen LogP contribution in [0.25, 0.3) is 0 Å². The Morgan fingerprint density at radius 1 is 1.42 bits per heavy atom. The van der Waals surface area contributed by atoms with Crippen LogP contribution in [-0.4, -0.2) is 25.0 Å². The highest BCUT2D eigenvalue weighted by Crippen LogP contribution is 2.14. The summed E-state index contributed by atoms with van der Waals surface area (Å²) in [4.78, 5) is 11.9. The van der Waals surface area contributed by atoms with Gasteiger partial charge in [-0.15, -0.1) is 0 Å². The van der Waals surface area contributed by atoms with Crippen LogP contribution in [0.3, 0.4) is 0 Å².